The van der Waals surface area contributed by atoms with Crippen molar-refractivity contribution >= 4 is 5.78 Å². The van der Waals surface area contributed by atoms with Crippen molar-refractivity contribution in [3.63, 3.8) is 0 Å². The number of rotatable bonds is 7. The van der Waals surface area contributed by atoms with Gasteiger partial charge in [0.25, 0.3) is 0 Å². The van der Waals surface area contributed by atoms with Crippen molar-refractivity contribution in [2.45, 2.75) is 34.1 Å². The first-order chi connectivity index (χ1) is 6.61. The molecular formula is C11H21NO2. The normalized spacial score (nSPS) is 11.6. The number of allylic oxidation sites excluding steroid dienone is 1. The van der Waals surface area contributed by atoms with Gasteiger partial charge in [-0.25, -0.2) is 0 Å². The predicted molar refractivity (Wildman–Crippen MR) is 57.8 cm³/mol. The van der Waals surface area contributed by atoms with Gasteiger partial charge in [-0.15, -0.1) is 0 Å². The quantitative estimate of drug-likeness (QED) is 0.504. The van der Waals surface area contributed by atoms with Crippen molar-refractivity contribution in [1.29, 1.82) is 0 Å². The molecule has 3 heteroatoms. The fourth-order valence-electron chi connectivity index (χ4n) is 0.843. The summed E-state index contributed by atoms with van der Waals surface area (Å²) in [5.41, 5.74) is 0. The van der Waals surface area contributed by atoms with Crippen molar-refractivity contribution < 1.29 is 9.53 Å². The van der Waals surface area contributed by atoms with Gasteiger partial charge < -0.3 is 10.1 Å². The molecular weight excluding hydrogens is 178 g/mol. The molecule has 0 bridgehead atoms. The highest BCUT2D eigenvalue weighted by molar-refractivity contribution is 5.91. The lowest BCUT2D eigenvalue weighted by Gasteiger charge is -2.10. The molecule has 0 aromatic carbocycles. The molecule has 0 heterocycles. The summed E-state index contributed by atoms with van der Waals surface area (Å²) in [6.07, 6.45) is 2.56. The molecule has 0 aliphatic rings. The maximum Gasteiger partial charge on any atom is 0.190 e. The highest BCUT2D eigenvalue weighted by Gasteiger charge is 2.06. The van der Waals surface area contributed by atoms with Gasteiger partial charge in [0.2, 0.25) is 0 Å². The van der Waals surface area contributed by atoms with E-state index in [4.69, 9.17) is 4.74 Å². The Bertz CT molecular complexity index is 197. The van der Waals surface area contributed by atoms with E-state index in [2.05, 4.69) is 12.2 Å². The molecule has 0 fully saturated rings. The van der Waals surface area contributed by atoms with E-state index in [0.29, 0.717) is 12.5 Å². The Morgan fingerprint density at radius 1 is 1.43 bits per heavy atom. The Morgan fingerprint density at radius 2 is 2.07 bits per heavy atom. The summed E-state index contributed by atoms with van der Waals surface area (Å²) in [5, 5.41) is 3.07. The maximum absolute atomic E-state index is 11.4. The lowest BCUT2D eigenvalue weighted by molar-refractivity contribution is -0.117. The Balaban J connectivity index is 4.23. The van der Waals surface area contributed by atoms with E-state index in [9.17, 15) is 4.79 Å². The maximum atomic E-state index is 11.4. The summed E-state index contributed by atoms with van der Waals surface area (Å²) in [7, 11) is 0. The van der Waals surface area contributed by atoms with Crippen LogP contribution in [0.25, 0.3) is 0 Å². The smallest absolute Gasteiger partial charge is 0.190 e. The summed E-state index contributed by atoms with van der Waals surface area (Å²) in [6.45, 7) is 9.14. The molecule has 0 unspecified atom stereocenters. The number of ketones is 1. The van der Waals surface area contributed by atoms with E-state index in [0.717, 1.165) is 13.0 Å². The van der Waals surface area contributed by atoms with Crippen LogP contribution in [0.5, 0.6) is 0 Å². The molecule has 82 valence electrons. The molecule has 0 saturated heterocycles. The third kappa shape index (κ3) is 5.62. The molecule has 0 rings (SSSR count). The number of hydrogen-bond acceptors (Lipinski definition) is 3. The zero-order chi connectivity index (χ0) is 11.0. The zero-order valence-corrected chi connectivity index (χ0v) is 9.59. The lowest BCUT2D eigenvalue weighted by atomic mass is 10.1. The molecule has 0 saturated carbocycles. The van der Waals surface area contributed by atoms with E-state index in [1.165, 1.54) is 0 Å². The molecule has 0 aromatic rings. The van der Waals surface area contributed by atoms with Crippen LogP contribution in [-0.4, -0.2) is 18.9 Å². The summed E-state index contributed by atoms with van der Waals surface area (Å²) in [6, 6.07) is 0. The highest BCUT2D eigenvalue weighted by Crippen LogP contribution is 2.00. The van der Waals surface area contributed by atoms with Crippen molar-refractivity contribution in [3.05, 3.63) is 12.0 Å². The van der Waals surface area contributed by atoms with Crippen molar-refractivity contribution in [1.82, 2.24) is 5.32 Å². The Labute approximate surface area is 86.5 Å². The minimum atomic E-state index is 0.0221. The third-order valence-corrected chi connectivity index (χ3v) is 1.69. The van der Waals surface area contributed by atoms with E-state index in [1.54, 1.807) is 6.08 Å². The Kier molecular flexibility index (Phi) is 6.89. The van der Waals surface area contributed by atoms with Crippen LogP contribution >= 0.6 is 0 Å². The van der Waals surface area contributed by atoms with Crippen LogP contribution in [-0.2, 0) is 9.53 Å². The second kappa shape index (κ2) is 7.42. The fourth-order valence-corrected chi connectivity index (χ4v) is 0.843. The monoisotopic (exact) mass is 199 g/mol. The second-order valence-electron chi connectivity index (χ2n) is 3.43. The number of carbonyl (C=O) groups excluding carboxylic acids is 1. The van der Waals surface area contributed by atoms with Gasteiger partial charge in [0.15, 0.2) is 11.7 Å². The number of nitrogens with one attached hydrogen (secondary N) is 1. The first kappa shape index (κ1) is 13.0. The standard InChI is InChI=1S/C11H21NO2/c1-5-7-12-11(14-6-2)8-10(13)9(3)4/h8-9,12H,5-7H2,1-4H3/b11-8+. The summed E-state index contributed by atoms with van der Waals surface area (Å²) in [5.74, 6) is 0.707. The van der Waals surface area contributed by atoms with Crippen molar-refractivity contribution in [2.24, 2.45) is 5.92 Å². The van der Waals surface area contributed by atoms with E-state index in [1.807, 2.05) is 20.8 Å². The predicted octanol–water partition coefficient (Wildman–Crippen LogP) is 2.09. The van der Waals surface area contributed by atoms with E-state index < -0.39 is 0 Å². The summed E-state index contributed by atoms with van der Waals surface area (Å²) in [4.78, 5) is 11.4. The van der Waals surface area contributed by atoms with Crippen LogP contribution in [0, 0.1) is 5.92 Å². The minimum Gasteiger partial charge on any atom is -0.479 e. The number of hydrogen-bond donors (Lipinski definition) is 1. The average Bonchev–Trinajstić information content (AvgIpc) is 2.14. The average molecular weight is 199 g/mol. The first-order valence-corrected chi connectivity index (χ1v) is 5.24. The lowest BCUT2D eigenvalue weighted by Crippen LogP contribution is -2.19. The van der Waals surface area contributed by atoms with Crippen molar-refractivity contribution in [3.8, 4) is 0 Å². The van der Waals surface area contributed by atoms with Gasteiger partial charge in [-0.3, -0.25) is 4.79 Å². The molecule has 0 aliphatic carbocycles. The van der Waals surface area contributed by atoms with Gasteiger partial charge in [-0.05, 0) is 13.3 Å². The number of ether oxygens (including phenoxy) is 1. The minimum absolute atomic E-state index is 0.0221. The molecule has 1 N–H and O–H groups in total. The van der Waals surface area contributed by atoms with Crippen LogP contribution in [0.2, 0.25) is 0 Å². The molecule has 0 amide bonds. The van der Waals surface area contributed by atoms with Gasteiger partial charge in [-0.1, -0.05) is 20.8 Å². The SMILES string of the molecule is CCCN/C(=C\C(=O)C(C)C)OCC. The highest BCUT2D eigenvalue weighted by atomic mass is 16.5. The van der Waals surface area contributed by atoms with Gasteiger partial charge in [0.05, 0.1) is 6.61 Å². The number of carbonyl (C=O) groups is 1. The Morgan fingerprint density at radius 3 is 2.50 bits per heavy atom. The van der Waals surface area contributed by atoms with Crippen LogP contribution in [0.3, 0.4) is 0 Å². The van der Waals surface area contributed by atoms with Crippen LogP contribution in [0.1, 0.15) is 34.1 Å². The molecule has 0 aromatic heterocycles. The summed E-state index contributed by atoms with van der Waals surface area (Å²) >= 11 is 0. The zero-order valence-electron chi connectivity index (χ0n) is 9.59. The Hall–Kier alpha value is -0.990. The van der Waals surface area contributed by atoms with Crippen molar-refractivity contribution in [2.75, 3.05) is 13.2 Å². The van der Waals surface area contributed by atoms with Gasteiger partial charge in [-0.2, -0.15) is 0 Å². The fraction of sp³-hybridized carbons (Fsp3) is 0.727. The largest absolute Gasteiger partial charge is 0.479 e. The van der Waals surface area contributed by atoms with Gasteiger partial charge in [0.1, 0.15) is 0 Å². The molecule has 3 nitrogen and oxygen atoms in total. The first-order valence-electron chi connectivity index (χ1n) is 5.24. The molecule has 0 atom stereocenters. The molecule has 14 heavy (non-hydrogen) atoms. The molecule has 0 spiro atoms. The summed E-state index contributed by atoms with van der Waals surface area (Å²) < 4.78 is 5.29. The molecule has 0 radical (unpaired) electrons. The van der Waals surface area contributed by atoms with Crippen LogP contribution in [0.4, 0.5) is 0 Å². The topological polar surface area (TPSA) is 38.3 Å². The van der Waals surface area contributed by atoms with Gasteiger partial charge >= 0.3 is 0 Å². The molecule has 0 aliphatic heterocycles. The van der Waals surface area contributed by atoms with E-state index >= 15 is 0 Å². The second-order valence-corrected chi connectivity index (χ2v) is 3.43. The van der Waals surface area contributed by atoms with Crippen LogP contribution < -0.4 is 5.32 Å². The van der Waals surface area contributed by atoms with Gasteiger partial charge in [0, 0.05) is 18.5 Å². The van der Waals surface area contributed by atoms with E-state index in [-0.39, 0.29) is 11.7 Å². The third-order valence-electron chi connectivity index (χ3n) is 1.69. The van der Waals surface area contributed by atoms with Crippen LogP contribution in [0.15, 0.2) is 12.0 Å².